The highest BCUT2D eigenvalue weighted by molar-refractivity contribution is 8.01. The van der Waals surface area contributed by atoms with Crippen molar-refractivity contribution in [3.8, 4) is 0 Å². The molecule has 20 heavy (non-hydrogen) atoms. The average Bonchev–Trinajstić information content (AvgIpc) is 3.16. The molecule has 4 nitrogen and oxygen atoms in total. The van der Waals surface area contributed by atoms with Gasteiger partial charge in [0.15, 0.2) is 4.34 Å². The third kappa shape index (κ3) is 3.94. The second-order valence-electron chi connectivity index (χ2n) is 4.66. The van der Waals surface area contributed by atoms with Gasteiger partial charge >= 0.3 is 0 Å². The second-order valence-corrected chi connectivity index (χ2v) is 6.90. The van der Waals surface area contributed by atoms with E-state index >= 15 is 0 Å². The fourth-order valence-corrected chi connectivity index (χ4v) is 3.89. The van der Waals surface area contributed by atoms with Crippen LogP contribution in [0.2, 0.25) is 0 Å². The molecular formula is C14H17N3OS2. The molecule has 1 aromatic heterocycles. The Morgan fingerprint density at radius 2 is 2.20 bits per heavy atom. The lowest BCUT2D eigenvalue weighted by Gasteiger charge is -2.05. The van der Waals surface area contributed by atoms with Crippen LogP contribution in [0.25, 0.3) is 0 Å². The number of hydrogen-bond donors (Lipinski definition) is 1. The van der Waals surface area contributed by atoms with E-state index in [4.69, 9.17) is 4.74 Å². The molecule has 1 atom stereocenters. The maximum absolute atomic E-state index is 5.61. The van der Waals surface area contributed by atoms with Gasteiger partial charge in [0.1, 0.15) is 0 Å². The first-order valence-electron chi connectivity index (χ1n) is 6.76. The van der Waals surface area contributed by atoms with E-state index in [-0.39, 0.29) is 0 Å². The molecule has 3 rings (SSSR count). The SMILES string of the molecule is c1ccc(CNc2nnc(SC[C@@H]3CCCO3)s2)cc1. The van der Waals surface area contributed by atoms with Crippen LogP contribution < -0.4 is 5.32 Å². The van der Waals surface area contributed by atoms with E-state index < -0.39 is 0 Å². The van der Waals surface area contributed by atoms with Crippen molar-refractivity contribution < 1.29 is 4.74 Å². The normalized spacial score (nSPS) is 18.3. The van der Waals surface area contributed by atoms with Crippen LogP contribution in [-0.2, 0) is 11.3 Å². The molecule has 1 aliphatic rings. The summed E-state index contributed by atoms with van der Waals surface area (Å²) >= 11 is 3.35. The molecule has 1 aromatic carbocycles. The molecule has 1 saturated heterocycles. The number of anilines is 1. The Bertz CT molecular complexity index is 526. The van der Waals surface area contributed by atoms with E-state index in [0.29, 0.717) is 6.10 Å². The van der Waals surface area contributed by atoms with Gasteiger partial charge in [0.05, 0.1) is 6.10 Å². The predicted octanol–water partition coefficient (Wildman–Crippen LogP) is 3.42. The van der Waals surface area contributed by atoms with Crippen molar-refractivity contribution in [1.82, 2.24) is 10.2 Å². The number of rotatable bonds is 6. The lowest BCUT2D eigenvalue weighted by Crippen LogP contribution is -2.07. The van der Waals surface area contributed by atoms with Crippen LogP contribution >= 0.6 is 23.1 Å². The van der Waals surface area contributed by atoms with Crippen LogP contribution in [0, 0.1) is 0 Å². The van der Waals surface area contributed by atoms with Crippen LogP contribution in [-0.4, -0.2) is 28.7 Å². The van der Waals surface area contributed by atoms with Crippen molar-refractivity contribution in [1.29, 1.82) is 0 Å². The fraction of sp³-hybridized carbons (Fsp3) is 0.429. The summed E-state index contributed by atoms with van der Waals surface area (Å²) in [6.45, 7) is 1.69. The number of nitrogens with zero attached hydrogens (tertiary/aromatic N) is 2. The maximum Gasteiger partial charge on any atom is 0.206 e. The van der Waals surface area contributed by atoms with Gasteiger partial charge in [-0.1, -0.05) is 53.4 Å². The summed E-state index contributed by atoms with van der Waals surface area (Å²) in [5.41, 5.74) is 1.25. The van der Waals surface area contributed by atoms with E-state index in [9.17, 15) is 0 Å². The first-order valence-corrected chi connectivity index (χ1v) is 8.56. The minimum atomic E-state index is 0.393. The van der Waals surface area contributed by atoms with Gasteiger partial charge in [-0.3, -0.25) is 0 Å². The van der Waals surface area contributed by atoms with Crippen molar-refractivity contribution in [2.45, 2.75) is 29.8 Å². The van der Waals surface area contributed by atoms with Crippen molar-refractivity contribution >= 4 is 28.2 Å². The van der Waals surface area contributed by atoms with E-state index in [1.54, 1.807) is 23.1 Å². The molecule has 0 spiro atoms. The van der Waals surface area contributed by atoms with Crippen molar-refractivity contribution in [3.05, 3.63) is 35.9 Å². The van der Waals surface area contributed by atoms with E-state index in [1.165, 1.54) is 18.4 Å². The highest BCUT2D eigenvalue weighted by Gasteiger charge is 2.16. The Balaban J connectivity index is 1.46. The second kappa shape index (κ2) is 7.06. The van der Waals surface area contributed by atoms with Crippen molar-refractivity contribution in [2.75, 3.05) is 17.7 Å². The zero-order chi connectivity index (χ0) is 13.6. The molecule has 0 unspecified atom stereocenters. The Morgan fingerprint density at radius 1 is 1.30 bits per heavy atom. The van der Waals surface area contributed by atoms with Gasteiger partial charge < -0.3 is 10.1 Å². The molecule has 0 bridgehead atoms. The molecular weight excluding hydrogens is 290 g/mol. The minimum Gasteiger partial charge on any atom is -0.377 e. The smallest absolute Gasteiger partial charge is 0.206 e. The topological polar surface area (TPSA) is 47.0 Å². The molecule has 6 heteroatoms. The van der Waals surface area contributed by atoms with Crippen LogP contribution in [0.3, 0.4) is 0 Å². The number of thioether (sulfide) groups is 1. The lowest BCUT2D eigenvalue weighted by atomic mass is 10.2. The molecule has 1 N–H and O–H groups in total. The summed E-state index contributed by atoms with van der Waals surface area (Å²) in [6.07, 6.45) is 2.75. The summed E-state index contributed by atoms with van der Waals surface area (Å²) in [7, 11) is 0. The largest absolute Gasteiger partial charge is 0.377 e. The average molecular weight is 307 g/mol. The lowest BCUT2D eigenvalue weighted by molar-refractivity contribution is 0.129. The Labute approximate surface area is 127 Å². The third-order valence-electron chi connectivity index (χ3n) is 3.11. The van der Waals surface area contributed by atoms with Gasteiger partial charge in [0.2, 0.25) is 5.13 Å². The number of ether oxygens (including phenoxy) is 1. The molecule has 1 aliphatic heterocycles. The Kier molecular flexibility index (Phi) is 4.89. The molecule has 2 heterocycles. The van der Waals surface area contributed by atoms with Crippen LogP contribution in [0.5, 0.6) is 0 Å². The summed E-state index contributed by atoms with van der Waals surface area (Å²) in [5, 5.41) is 12.6. The predicted molar refractivity (Wildman–Crippen MR) is 83.4 cm³/mol. The zero-order valence-electron chi connectivity index (χ0n) is 11.1. The number of benzene rings is 1. The van der Waals surface area contributed by atoms with Gasteiger partial charge in [0.25, 0.3) is 0 Å². The maximum atomic E-state index is 5.61. The number of nitrogens with one attached hydrogen (secondary N) is 1. The van der Waals surface area contributed by atoms with Crippen LogP contribution in [0.4, 0.5) is 5.13 Å². The summed E-state index contributed by atoms with van der Waals surface area (Å²) < 4.78 is 6.62. The van der Waals surface area contributed by atoms with E-state index in [1.807, 2.05) is 18.2 Å². The van der Waals surface area contributed by atoms with Gasteiger partial charge in [-0.05, 0) is 18.4 Å². The van der Waals surface area contributed by atoms with Crippen LogP contribution in [0.1, 0.15) is 18.4 Å². The zero-order valence-corrected chi connectivity index (χ0v) is 12.8. The molecule has 0 amide bonds. The monoisotopic (exact) mass is 307 g/mol. The van der Waals surface area contributed by atoms with Crippen molar-refractivity contribution in [2.24, 2.45) is 0 Å². The third-order valence-corrected chi connectivity index (χ3v) is 5.26. The van der Waals surface area contributed by atoms with Gasteiger partial charge in [-0.15, -0.1) is 10.2 Å². The first kappa shape index (κ1) is 13.9. The number of aromatic nitrogens is 2. The van der Waals surface area contributed by atoms with Gasteiger partial charge in [-0.25, -0.2) is 0 Å². The Hall–Kier alpha value is -1.11. The van der Waals surface area contributed by atoms with Crippen LogP contribution in [0.15, 0.2) is 34.7 Å². The molecule has 0 saturated carbocycles. The summed E-state index contributed by atoms with van der Waals surface area (Å²) in [6, 6.07) is 10.3. The van der Waals surface area contributed by atoms with E-state index in [2.05, 4.69) is 27.6 Å². The molecule has 0 aliphatic carbocycles. The Morgan fingerprint density at radius 3 is 3.00 bits per heavy atom. The fourth-order valence-electron chi connectivity index (χ4n) is 2.05. The standard InChI is InChI=1S/C14H17N3OS2/c1-2-5-11(6-3-1)9-15-13-16-17-14(20-13)19-10-12-7-4-8-18-12/h1-3,5-6,12H,4,7-10H2,(H,15,16)/t12-/m0/s1. The molecule has 1 fully saturated rings. The van der Waals surface area contributed by atoms with Gasteiger partial charge in [-0.2, -0.15) is 0 Å². The molecule has 2 aromatic rings. The highest BCUT2D eigenvalue weighted by Crippen LogP contribution is 2.28. The summed E-state index contributed by atoms with van der Waals surface area (Å²) in [5.74, 6) is 0.979. The minimum absolute atomic E-state index is 0.393. The quantitative estimate of drug-likeness (QED) is 0.829. The molecule has 0 radical (unpaired) electrons. The van der Waals surface area contributed by atoms with E-state index in [0.717, 1.165) is 28.4 Å². The van der Waals surface area contributed by atoms with Gasteiger partial charge in [0, 0.05) is 18.9 Å². The summed E-state index contributed by atoms with van der Waals surface area (Å²) in [4.78, 5) is 0. The van der Waals surface area contributed by atoms with Crippen molar-refractivity contribution in [3.63, 3.8) is 0 Å². The first-order chi connectivity index (χ1) is 9.90. The molecule has 106 valence electrons. The number of hydrogen-bond acceptors (Lipinski definition) is 6. The highest BCUT2D eigenvalue weighted by atomic mass is 32.2.